The highest BCUT2D eigenvalue weighted by Crippen LogP contribution is 2.29. The third kappa shape index (κ3) is 4.66. The third-order valence-corrected chi connectivity index (χ3v) is 4.52. The van der Waals surface area contributed by atoms with Crippen LogP contribution in [0.15, 0.2) is 18.2 Å². The van der Waals surface area contributed by atoms with Gasteiger partial charge in [0.1, 0.15) is 0 Å². The normalized spacial score (nSPS) is 13.0. The van der Waals surface area contributed by atoms with E-state index in [1.54, 1.807) is 18.2 Å². The second-order valence-corrected chi connectivity index (χ2v) is 6.56. The van der Waals surface area contributed by atoms with Crippen molar-refractivity contribution in [1.82, 2.24) is 0 Å². The number of ether oxygens (including phenoxy) is 3. The lowest BCUT2D eigenvalue weighted by Gasteiger charge is -2.15. The van der Waals surface area contributed by atoms with Crippen LogP contribution in [-0.2, 0) is 14.6 Å². The lowest BCUT2D eigenvalue weighted by Crippen LogP contribution is -2.25. The maximum absolute atomic E-state index is 11.8. The Kier molecular flexibility index (Phi) is 6.25. The second kappa shape index (κ2) is 7.47. The zero-order chi connectivity index (χ0) is 15.2. The molecule has 1 aromatic rings. The highest BCUT2D eigenvalue weighted by atomic mass is 32.2. The van der Waals surface area contributed by atoms with Gasteiger partial charge in [-0.3, -0.25) is 0 Å². The maximum atomic E-state index is 11.8. The zero-order valence-corrected chi connectivity index (χ0v) is 12.8. The smallest absolute Gasteiger partial charge is 0.161 e. The first-order valence-electron chi connectivity index (χ1n) is 6.10. The molecule has 0 saturated carbocycles. The Hall–Kier alpha value is -1.31. The number of hydrogen-bond acceptors (Lipinski definition) is 6. The van der Waals surface area contributed by atoms with E-state index in [-0.39, 0.29) is 18.1 Å². The molecule has 20 heavy (non-hydrogen) atoms. The summed E-state index contributed by atoms with van der Waals surface area (Å²) in [7, 11) is 1.26. The number of nitrogens with two attached hydrogens (primary N) is 1. The molecule has 0 aliphatic carbocycles. The minimum atomic E-state index is -3.25. The van der Waals surface area contributed by atoms with Crippen molar-refractivity contribution in [3.05, 3.63) is 23.8 Å². The predicted molar refractivity (Wildman–Crippen MR) is 77.0 cm³/mol. The standard InChI is InChI=1S/C13H21NO5S/c1-17-6-7-20(15,16)9-11(14)10-4-5-12(18-2)13(8-10)19-3/h4-5,8,11H,6-7,9,14H2,1-3H3. The number of benzene rings is 1. The quantitative estimate of drug-likeness (QED) is 0.763. The predicted octanol–water partition coefficient (Wildman–Crippen LogP) is 0.765. The number of methoxy groups -OCH3 is 3. The molecule has 0 aliphatic heterocycles. The Morgan fingerprint density at radius 2 is 1.80 bits per heavy atom. The molecule has 1 atom stereocenters. The van der Waals surface area contributed by atoms with Gasteiger partial charge in [0, 0.05) is 13.2 Å². The fraction of sp³-hybridized carbons (Fsp3) is 0.538. The number of hydrogen-bond donors (Lipinski definition) is 1. The molecule has 0 aromatic heterocycles. The molecule has 1 rings (SSSR count). The van der Waals surface area contributed by atoms with E-state index in [1.165, 1.54) is 21.3 Å². The SMILES string of the molecule is COCCS(=O)(=O)CC(N)c1ccc(OC)c(OC)c1. The molecule has 0 radical (unpaired) electrons. The van der Waals surface area contributed by atoms with Crippen LogP contribution in [0.1, 0.15) is 11.6 Å². The maximum Gasteiger partial charge on any atom is 0.161 e. The Morgan fingerprint density at radius 3 is 2.35 bits per heavy atom. The molecular formula is C13H21NO5S. The van der Waals surface area contributed by atoms with Gasteiger partial charge in [0.05, 0.1) is 32.3 Å². The highest BCUT2D eigenvalue weighted by Gasteiger charge is 2.18. The molecule has 0 spiro atoms. The summed E-state index contributed by atoms with van der Waals surface area (Å²) in [6.07, 6.45) is 0. The minimum absolute atomic E-state index is 0.0372. The molecule has 7 heteroatoms. The molecule has 6 nitrogen and oxygen atoms in total. The lowest BCUT2D eigenvalue weighted by atomic mass is 10.1. The van der Waals surface area contributed by atoms with Gasteiger partial charge < -0.3 is 19.9 Å². The van der Waals surface area contributed by atoms with Gasteiger partial charge in [0.2, 0.25) is 0 Å². The van der Waals surface area contributed by atoms with Gasteiger partial charge in [0.25, 0.3) is 0 Å². The van der Waals surface area contributed by atoms with Gasteiger partial charge in [0.15, 0.2) is 21.3 Å². The van der Waals surface area contributed by atoms with Crippen LogP contribution in [0.5, 0.6) is 11.5 Å². The second-order valence-electron chi connectivity index (χ2n) is 4.33. The Morgan fingerprint density at radius 1 is 1.15 bits per heavy atom. The van der Waals surface area contributed by atoms with Gasteiger partial charge in [-0.25, -0.2) is 8.42 Å². The number of rotatable bonds is 8. The van der Waals surface area contributed by atoms with Crippen molar-refractivity contribution in [2.45, 2.75) is 6.04 Å². The van der Waals surface area contributed by atoms with E-state index in [2.05, 4.69) is 0 Å². The summed E-state index contributed by atoms with van der Waals surface area (Å²) in [5.74, 6) is 0.927. The van der Waals surface area contributed by atoms with Crippen molar-refractivity contribution in [3.8, 4) is 11.5 Å². The minimum Gasteiger partial charge on any atom is -0.493 e. The van der Waals surface area contributed by atoms with Crippen molar-refractivity contribution >= 4 is 9.84 Å². The first-order valence-corrected chi connectivity index (χ1v) is 7.92. The van der Waals surface area contributed by atoms with Crippen molar-refractivity contribution in [3.63, 3.8) is 0 Å². The average Bonchev–Trinajstić information content (AvgIpc) is 2.43. The summed E-state index contributed by atoms with van der Waals surface area (Å²) in [5.41, 5.74) is 6.64. The topological polar surface area (TPSA) is 87.9 Å². The first-order chi connectivity index (χ1) is 9.43. The summed E-state index contributed by atoms with van der Waals surface area (Å²) in [5, 5.41) is 0. The monoisotopic (exact) mass is 303 g/mol. The van der Waals surface area contributed by atoms with E-state index in [4.69, 9.17) is 19.9 Å². The van der Waals surface area contributed by atoms with E-state index in [0.717, 1.165) is 0 Å². The van der Waals surface area contributed by atoms with Crippen molar-refractivity contribution < 1.29 is 22.6 Å². The largest absolute Gasteiger partial charge is 0.493 e. The molecule has 0 fully saturated rings. The van der Waals surface area contributed by atoms with E-state index >= 15 is 0 Å². The summed E-state index contributed by atoms with van der Waals surface area (Å²) >= 11 is 0. The Balaban J connectivity index is 2.84. The first kappa shape index (κ1) is 16.7. The molecule has 1 unspecified atom stereocenters. The summed E-state index contributed by atoms with van der Waals surface area (Å²) in [6.45, 7) is 0.168. The zero-order valence-electron chi connectivity index (χ0n) is 12.0. The Labute approximate surface area is 119 Å². The fourth-order valence-electron chi connectivity index (χ4n) is 1.75. The molecule has 0 aliphatic rings. The van der Waals surface area contributed by atoms with Crippen LogP contribution in [0, 0.1) is 0 Å². The lowest BCUT2D eigenvalue weighted by molar-refractivity contribution is 0.217. The molecule has 0 saturated heterocycles. The molecule has 0 bridgehead atoms. The number of sulfone groups is 1. The average molecular weight is 303 g/mol. The van der Waals surface area contributed by atoms with Gasteiger partial charge in [-0.15, -0.1) is 0 Å². The van der Waals surface area contributed by atoms with Gasteiger partial charge in [-0.2, -0.15) is 0 Å². The molecule has 0 heterocycles. The van der Waals surface area contributed by atoms with E-state index in [1.807, 2.05) is 0 Å². The summed E-state index contributed by atoms with van der Waals surface area (Å²) in [4.78, 5) is 0. The summed E-state index contributed by atoms with van der Waals surface area (Å²) < 4.78 is 38.7. The van der Waals surface area contributed by atoms with Crippen LogP contribution in [0.3, 0.4) is 0 Å². The van der Waals surface area contributed by atoms with E-state index < -0.39 is 15.9 Å². The van der Waals surface area contributed by atoms with Crippen LogP contribution in [-0.4, -0.2) is 47.9 Å². The molecule has 2 N–H and O–H groups in total. The van der Waals surface area contributed by atoms with Crippen LogP contribution < -0.4 is 15.2 Å². The van der Waals surface area contributed by atoms with Crippen molar-refractivity contribution in [1.29, 1.82) is 0 Å². The van der Waals surface area contributed by atoms with Crippen molar-refractivity contribution in [2.75, 3.05) is 39.4 Å². The molecule has 114 valence electrons. The van der Waals surface area contributed by atoms with Gasteiger partial charge in [-0.05, 0) is 17.7 Å². The Bertz CT molecular complexity index is 530. The van der Waals surface area contributed by atoms with Crippen LogP contribution in [0.4, 0.5) is 0 Å². The summed E-state index contributed by atoms with van der Waals surface area (Å²) in [6, 6.07) is 4.51. The third-order valence-electron chi connectivity index (χ3n) is 2.87. The van der Waals surface area contributed by atoms with E-state index in [0.29, 0.717) is 17.1 Å². The fourth-order valence-corrected chi connectivity index (χ4v) is 3.07. The van der Waals surface area contributed by atoms with Crippen LogP contribution in [0.2, 0.25) is 0 Å². The van der Waals surface area contributed by atoms with Crippen LogP contribution >= 0.6 is 0 Å². The molecule has 0 amide bonds. The van der Waals surface area contributed by atoms with Crippen molar-refractivity contribution in [2.24, 2.45) is 5.73 Å². The van der Waals surface area contributed by atoms with E-state index in [9.17, 15) is 8.42 Å². The van der Waals surface area contributed by atoms with Crippen LogP contribution in [0.25, 0.3) is 0 Å². The molecular weight excluding hydrogens is 282 g/mol. The van der Waals surface area contributed by atoms with Gasteiger partial charge >= 0.3 is 0 Å². The highest BCUT2D eigenvalue weighted by molar-refractivity contribution is 7.91. The van der Waals surface area contributed by atoms with Gasteiger partial charge in [-0.1, -0.05) is 6.07 Å². The molecule has 1 aromatic carbocycles.